The Kier molecular flexibility index (Phi) is 3.88. The molecule has 0 bridgehead atoms. The van der Waals surface area contributed by atoms with Gasteiger partial charge in [-0.05, 0) is 18.2 Å². The highest BCUT2D eigenvalue weighted by Crippen LogP contribution is 2.17. The van der Waals surface area contributed by atoms with E-state index in [0.29, 0.717) is 0 Å². The first kappa shape index (κ1) is 14.5. The fraction of sp³-hybridized carbons (Fsp3) is 0.154. The number of carbonyl (C=O) groups is 1. The molecule has 0 fully saturated rings. The molecule has 7 nitrogen and oxygen atoms in total. The first-order valence-corrected chi connectivity index (χ1v) is 5.99. The fourth-order valence-electron chi connectivity index (χ4n) is 1.70. The Hall–Kier alpha value is -2.90. The summed E-state index contributed by atoms with van der Waals surface area (Å²) in [6, 6.07) is 3.74. The Balaban J connectivity index is 2.20. The Morgan fingerprint density at radius 1 is 1.29 bits per heavy atom. The van der Waals surface area contributed by atoms with E-state index in [1.54, 1.807) is 0 Å². The maximum atomic E-state index is 13.5. The van der Waals surface area contributed by atoms with Crippen LogP contribution < -0.4 is 22.2 Å². The van der Waals surface area contributed by atoms with E-state index in [1.165, 1.54) is 31.6 Å². The van der Waals surface area contributed by atoms with Gasteiger partial charge in [0.1, 0.15) is 12.4 Å². The third kappa shape index (κ3) is 3.16. The topological polar surface area (TPSA) is 99.1 Å². The van der Waals surface area contributed by atoms with Crippen molar-refractivity contribution in [3.8, 4) is 0 Å². The maximum absolute atomic E-state index is 13.5. The van der Waals surface area contributed by atoms with E-state index in [9.17, 15) is 18.8 Å². The summed E-state index contributed by atoms with van der Waals surface area (Å²) in [6.45, 7) is -0.400. The first-order valence-electron chi connectivity index (χ1n) is 5.99. The van der Waals surface area contributed by atoms with Crippen molar-refractivity contribution < 1.29 is 9.18 Å². The van der Waals surface area contributed by atoms with Crippen LogP contribution in [-0.2, 0) is 18.4 Å². The molecule has 3 N–H and O–H groups in total. The van der Waals surface area contributed by atoms with Gasteiger partial charge in [-0.2, -0.15) is 0 Å². The Morgan fingerprint density at radius 3 is 2.71 bits per heavy atom. The summed E-state index contributed by atoms with van der Waals surface area (Å²) in [4.78, 5) is 34.9. The summed E-state index contributed by atoms with van der Waals surface area (Å²) in [5.74, 6) is -1.29. The quantitative estimate of drug-likeness (QED) is 0.610. The molecule has 1 aromatic heterocycles. The second-order valence-electron chi connectivity index (χ2n) is 4.43. The van der Waals surface area contributed by atoms with Crippen LogP contribution in [0.2, 0.25) is 0 Å². The van der Waals surface area contributed by atoms with Crippen molar-refractivity contribution in [2.75, 3.05) is 11.1 Å². The molecule has 0 radical (unpaired) electrons. The number of aryl methyl sites for hydroxylation is 1. The Morgan fingerprint density at radius 2 is 2.00 bits per heavy atom. The minimum Gasteiger partial charge on any atom is -0.399 e. The SMILES string of the molecule is Cn1ccn(CC(=O)Nc2cc(N)ccc2F)c(=O)c1=O. The van der Waals surface area contributed by atoms with Crippen molar-refractivity contribution in [3.63, 3.8) is 0 Å². The number of hydrogen-bond acceptors (Lipinski definition) is 4. The lowest BCUT2D eigenvalue weighted by molar-refractivity contribution is -0.116. The Bertz CT molecular complexity index is 810. The molecule has 0 atom stereocenters. The molecule has 0 aliphatic rings. The van der Waals surface area contributed by atoms with Gasteiger partial charge in [-0.15, -0.1) is 0 Å². The van der Waals surface area contributed by atoms with Crippen molar-refractivity contribution in [1.82, 2.24) is 9.13 Å². The van der Waals surface area contributed by atoms with E-state index in [-0.39, 0.29) is 11.4 Å². The monoisotopic (exact) mass is 292 g/mol. The predicted octanol–water partition coefficient (Wildman–Crippen LogP) is -0.0930. The van der Waals surface area contributed by atoms with Crippen LogP contribution in [0.15, 0.2) is 40.2 Å². The summed E-state index contributed by atoms with van der Waals surface area (Å²) >= 11 is 0. The van der Waals surface area contributed by atoms with Gasteiger partial charge in [-0.3, -0.25) is 19.0 Å². The van der Waals surface area contributed by atoms with Crippen LogP contribution in [0.1, 0.15) is 0 Å². The third-order valence-corrected chi connectivity index (χ3v) is 2.81. The van der Waals surface area contributed by atoms with Gasteiger partial charge >= 0.3 is 11.1 Å². The molecule has 0 spiro atoms. The molecule has 110 valence electrons. The van der Waals surface area contributed by atoms with Crippen LogP contribution in [-0.4, -0.2) is 15.0 Å². The molecule has 8 heteroatoms. The number of nitrogens with zero attached hydrogens (tertiary/aromatic N) is 2. The van der Waals surface area contributed by atoms with Gasteiger partial charge in [0.2, 0.25) is 5.91 Å². The van der Waals surface area contributed by atoms with Gasteiger partial charge < -0.3 is 15.6 Å². The van der Waals surface area contributed by atoms with Crippen molar-refractivity contribution in [2.45, 2.75) is 6.54 Å². The number of nitrogens with one attached hydrogen (secondary N) is 1. The lowest BCUT2D eigenvalue weighted by Gasteiger charge is -2.09. The molecular formula is C13H13FN4O3. The first-order chi connectivity index (χ1) is 9.88. The standard InChI is InChI=1S/C13H13FN4O3/c1-17-4-5-18(13(21)12(17)20)7-11(19)16-10-6-8(15)2-3-9(10)14/h2-6H,7,15H2,1H3,(H,16,19). The molecule has 2 rings (SSSR count). The highest BCUT2D eigenvalue weighted by molar-refractivity contribution is 5.91. The van der Waals surface area contributed by atoms with E-state index in [1.807, 2.05) is 0 Å². The van der Waals surface area contributed by atoms with E-state index in [2.05, 4.69) is 5.32 Å². The third-order valence-electron chi connectivity index (χ3n) is 2.81. The van der Waals surface area contributed by atoms with Crippen LogP contribution >= 0.6 is 0 Å². The van der Waals surface area contributed by atoms with E-state index >= 15 is 0 Å². The molecule has 0 aliphatic carbocycles. The normalized spacial score (nSPS) is 10.4. The highest BCUT2D eigenvalue weighted by Gasteiger charge is 2.10. The van der Waals surface area contributed by atoms with Crippen molar-refractivity contribution >= 4 is 17.3 Å². The minimum absolute atomic E-state index is 0.0862. The summed E-state index contributed by atoms with van der Waals surface area (Å²) in [5, 5.41) is 2.30. The number of rotatable bonds is 3. The van der Waals surface area contributed by atoms with Crippen molar-refractivity contribution in [3.05, 3.63) is 57.1 Å². The fourth-order valence-corrected chi connectivity index (χ4v) is 1.70. The second kappa shape index (κ2) is 5.61. The van der Waals surface area contributed by atoms with Crippen LogP contribution in [0.25, 0.3) is 0 Å². The lowest BCUT2D eigenvalue weighted by Crippen LogP contribution is -2.41. The number of anilines is 2. The average Bonchev–Trinajstić information content (AvgIpc) is 2.43. The van der Waals surface area contributed by atoms with Crippen LogP contribution in [0, 0.1) is 5.82 Å². The molecule has 21 heavy (non-hydrogen) atoms. The van der Waals surface area contributed by atoms with Crippen LogP contribution in [0.5, 0.6) is 0 Å². The zero-order valence-corrected chi connectivity index (χ0v) is 11.2. The lowest BCUT2D eigenvalue weighted by atomic mass is 10.2. The van der Waals surface area contributed by atoms with E-state index in [0.717, 1.165) is 15.2 Å². The number of aromatic nitrogens is 2. The molecule has 0 saturated carbocycles. The van der Waals surface area contributed by atoms with E-state index in [4.69, 9.17) is 5.73 Å². The molecular weight excluding hydrogens is 279 g/mol. The van der Waals surface area contributed by atoms with Crippen LogP contribution in [0.4, 0.5) is 15.8 Å². The molecule has 1 heterocycles. The molecule has 1 amide bonds. The van der Waals surface area contributed by atoms with Gasteiger partial charge in [0.05, 0.1) is 5.69 Å². The molecule has 0 unspecified atom stereocenters. The summed E-state index contributed by atoms with van der Waals surface area (Å²) < 4.78 is 15.5. The zero-order valence-electron chi connectivity index (χ0n) is 11.2. The number of hydrogen-bond donors (Lipinski definition) is 2. The smallest absolute Gasteiger partial charge is 0.316 e. The van der Waals surface area contributed by atoms with E-state index < -0.39 is 29.4 Å². The number of amides is 1. The maximum Gasteiger partial charge on any atom is 0.316 e. The zero-order chi connectivity index (χ0) is 15.6. The highest BCUT2D eigenvalue weighted by atomic mass is 19.1. The largest absolute Gasteiger partial charge is 0.399 e. The van der Waals surface area contributed by atoms with Gasteiger partial charge in [0.25, 0.3) is 0 Å². The van der Waals surface area contributed by atoms with Gasteiger partial charge in [0.15, 0.2) is 0 Å². The number of nitrogen functional groups attached to an aromatic ring is 1. The summed E-state index contributed by atoms with van der Waals surface area (Å²) in [7, 11) is 1.43. The number of nitrogens with two attached hydrogens (primary N) is 1. The van der Waals surface area contributed by atoms with Gasteiger partial charge in [0, 0.05) is 25.1 Å². The van der Waals surface area contributed by atoms with Gasteiger partial charge in [-0.25, -0.2) is 4.39 Å². The van der Waals surface area contributed by atoms with Crippen molar-refractivity contribution in [1.29, 1.82) is 0 Å². The second-order valence-corrected chi connectivity index (χ2v) is 4.43. The van der Waals surface area contributed by atoms with Crippen LogP contribution in [0.3, 0.4) is 0 Å². The minimum atomic E-state index is -0.830. The summed E-state index contributed by atoms with van der Waals surface area (Å²) in [5.41, 5.74) is 4.12. The number of halogens is 1. The molecule has 0 aliphatic heterocycles. The predicted molar refractivity (Wildman–Crippen MR) is 75.4 cm³/mol. The average molecular weight is 292 g/mol. The van der Waals surface area contributed by atoms with Gasteiger partial charge in [-0.1, -0.05) is 0 Å². The molecule has 0 saturated heterocycles. The molecule has 2 aromatic rings. The molecule has 1 aromatic carbocycles. The summed E-state index contributed by atoms with van der Waals surface area (Å²) in [6.07, 6.45) is 2.66. The number of benzene rings is 1. The number of carbonyl (C=O) groups excluding carboxylic acids is 1. The van der Waals surface area contributed by atoms with Crippen molar-refractivity contribution in [2.24, 2.45) is 7.05 Å². The Labute approximate surface area is 118 Å².